The van der Waals surface area contributed by atoms with Crippen molar-refractivity contribution in [2.75, 3.05) is 20.8 Å². The van der Waals surface area contributed by atoms with Gasteiger partial charge in [-0.25, -0.2) is 14.6 Å². The van der Waals surface area contributed by atoms with E-state index >= 15 is 0 Å². The molecule has 1 aliphatic rings. The maximum Gasteiger partial charge on any atom is 0.343 e. The first-order chi connectivity index (χ1) is 17.8. The highest BCUT2D eigenvalue weighted by Gasteiger charge is 2.33. The molecule has 1 aromatic heterocycles. The van der Waals surface area contributed by atoms with E-state index in [1.165, 1.54) is 30.1 Å². The van der Waals surface area contributed by atoms with Crippen molar-refractivity contribution >= 4 is 52.6 Å². The van der Waals surface area contributed by atoms with Crippen molar-refractivity contribution in [3.63, 3.8) is 0 Å². The van der Waals surface area contributed by atoms with Crippen LogP contribution in [0.25, 0.3) is 6.08 Å². The Hall–Kier alpha value is -3.40. The Labute approximate surface area is 226 Å². The second-order valence-electron chi connectivity index (χ2n) is 7.88. The molecule has 2 aromatic carbocycles. The first-order valence-corrected chi connectivity index (χ1v) is 12.7. The van der Waals surface area contributed by atoms with Crippen LogP contribution in [0.15, 0.2) is 63.5 Å². The van der Waals surface area contributed by atoms with Gasteiger partial charge in [0.25, 0.3) is 5.56 Å². The van der Waals surface area contributed by atoms with E-state index in [-0.39, 0.29) is 28.0 Å². The fourth-order valence-corrected chi connectivity index (χ4v) is 5.59. The number of benzene rings is 2. The molecule has 192 valence electrons. The number of carbonyl (C=O) groups excluding carboxylic acids is 2. The normalized spacial score (nSPS) is 15.2. The molecule has 0 radical (unpaired) electrons. The maximum atomic E-state index is 13.7. The standard InChI is InChI=1S/C26H22Cl2N2O6S/c1-4-18-21(25(33)35-3)22(15-8-6-5-7-9-15)30-24(32)19(37-26(30)29-18)12-14-10-16(27)23(17(28)11-14)36-13-20(31)34-2/h5-12,22H,4,13H2,1-3H3/b19-12-/t22-/m1/s1. The molecule has 2 heterocycles. The van der Waals surface area contributed by atoms with Crippen LogP contribution < -0.4 is 19.6 Å². The zero-order valence-electron chi connectivity index (χ0n) is 20.1. The number of carbonyl (C=O) groups is 2. The molecular formula is C26H22Cl2N2O6S. The molecule has 1 aliphatic heterocycles. The first kappa shape index (κ1) is 26.7. The Bertz CT molecular complexity index is 1550. The minimum absolute atomic E-state index is 0.131. The highest BCUT2D eigenvalue weighted by atomic mass is 35.5. The average molecular weight is 561 g/mol. The summed E-state index contributed by atoms with van der Waals surface area (Å²) in [6.45, 7) is 1.54. The summed E-state index contributed by atoms with van der Waals surface area (Å²) in [7, 11) is 2.55. The van der Waals surface area contributed by atoms with E-state index in [0.29, 0.717) is 32.6 Å². The average Bonchev–Trinajstić information content (AvgIpc) is 3.21. The lowest BCUT2D eigenvalue weighted by atomic mass is 9.95. The molecule has 8 nitrogen and oxygen atoms in total. The number of aromatic nitrogens is 1. The molecular weight excluding hydrogens is 539 g/mol. The molecule has 0 saturated heterocycles. The van der Waals surface area contributed by atoms with Crippen molar-refractivity contribution < 1.29 is 23.8 Å². The zero-order chi connectivity index (χ0) is 26.7. The van der Waals surface area contributed by atoms with Crippen LogP contribution in [0.2, 0.25) is 10.0 Å². The van der Waals surface area contributed by atoms with Crippen molar-refractivity contribution in [3.8, 4) is 5.75 Å². The highest BCUT2D eigenvalue weighted by Crippen LogP contribution is 2.35. The number of hydrogen-bond donors (Lipinski definition) is 0. The lowest BCUT2D eigenvalue weighted by Crippen LogP contribution is -2.40. The van der Waals surface area contributed by atoms with Gasteiger partial charge in [0.05, 0.1) is 46.1 Å². The summed E-state index contributed by atoms with van der Waals surface area (Å²) in [5, 5.41) is 0.331. The highest BCUT2D eigenvalue weighted by molar-refractivity contribution is 7.07. The number of hydrogen-bond acceptors (Lipinski definition) is 8. The van der Waals surface area contributed by atoms with Crippen molar-refractivity contribution in [2.24, 2.45) is 4.99 Å². The van der Waals surface area contributed by atoms with Gasteiger partial charge < -0.3 is 14.2 Å². The Morgan fingerprint density at radius 2 is 1.78 bits per heavy atom. The van der Waals surface area contributed by atoms with Gasteiger partial charge in [0.1, 0.15) is 0 Å². The molecule has 0 bridgehead atoms. The maximum absolute atomic E-state index is 13.7. The Balaban J connectivity index is 1.85. The van der Waals surface area contributed by atoms with Crippen molar-refractivity contribution in [1.29, 1.82) is 0 Å². The predicted octanol–water partition coefficient (Wildman–Crippen LogP) is 3.66. The van der Waals surface area contributed by atoms with Gasteiger partial charge in [0, 0.05) is 0 Å². The minimum atomic E-state index is -0.691. The quantitative estimate of drug-likeness (QED) is 0.409. The molecule has 11 heteroatoms. The Kier molecular flexibility index (Phi) is 8.16. The monoisotopic (exact) mass is 560 g/mol. The third-order valence-electron chi connectivity index (χ3n) is 5.65. The van der Waals surface area contributed by atoms with Gasteiger partial charge in [-0.3, -0.25) is 9.36 Å². The number of esters is 2. The third kappa shape index (κ3) is 5.34. The summed E-state index contributed by atoms with van der Waals surface area (Å²) in [6.07, 6.45) is 2.12. The number of methoxy groups -OCH3 is 2. The van der Waals surface area contributed by atoms with E-state index in [0.717, 1.165) is 5.56 Å². The van der Waals surface area contributed by atoms with Gasteiger partial charge in [-0.1, -0.05) is 71.8 Å². The fraction of sp³-hybridized carbons (Fsp3) is 0.231. The van der Waals surface area contributed by atoms with Gasteiger partial charge in [0.2, 0.25) is 0 Å². The molecule has 37 heavy (non-hydrogen) atoms. The summed E-state index contributed by atoms with van der Waals surface area (Å²) in [5.41, 5.74) is 1.87. The van der Waals surface area contributed by atoms with Gasteiger partial charge in [-0.05, 0) is 35.8 Å². The molecule has 3 aromatic rings. The molecule has 0 saturated carbocycles. The van der Waals surface area contributed by atoms with Crippen molar-refractivity contribution in [3.05, 3.63) is 94.6 Å². The van der Waals surface area contributed by atoms with Crippen LogP contribution in [-0.4, -0.2) is 37.3 Å². The molecule has 0 spiro atoms. The van der Waals surface area contributed by atoms with Gasteiger partial charge >= 0.3 is 11.9 Å². The lowest BCUT2D eigenvalue weighted by molar-refractivity contribution is -0.143. The summed E-state index contributed by atoms with van der Waals surface area (Å²) >= 11 is 13.9. The molecule has 0 unspecified atom stereocenters. The van der Waals surface area contributed by atoms with Crippen LogP contribution in [0.5, 0.6) is 5.75 Å². The van der Waals surface area contributed by atoms with E-state index in [1.54, 1.807) is 18.2 Å². The third-order valence-corrected chi connectivity index (χ3v) is 7.19. The molecule has 0 amide bonds. The molecule has 1 atom stereocenters. The number of halogens is 2. The van der Waals surface area contributed by atoms with Crippen LogP contribution in [0.1, 0.15) is 30.5 Å². The second kappa shape index (κ2) is 11.3. The van der Waals surface area contributed by atoms with E-state index in [9.17, 15) is 14.4 Å². The van der Waals surface area contributed by atoms with Gasteiger partial charge in [-0.2, -0.15) is 0 Å². The number of fused-ring (bicyclic) bond motifs is 1. The van der Waals surface area contributed by atoms with E-state index < -0.39 is 18.0 Å². The summed E-state index contributed by atoms with van der Waals surface area (Å²) in [6, 6.07) is 11.7. The SMILES string of the molecule is CCC1=C(C(=O)OC)[C@@H](c2ccccc2)n2c(s/c(=C\c3cc(Cl)c(OCC(=O)OC)c(Cl)c3)c2=O)=N1. The van der Waals surface area contributed by atoms with Crippen molar-refractivity contribution in [1.82, 2.24) is 4.57 Å². The van der Waals surface area contributed by atoms with Crippen LogP contribution in [-0.2, 0) is 19.1 Å². The Morgan fingerprint density at radius 3 is 2.38 bits per heavy atom. The number of thiazole rings is 1. The number of rotatable bonds is 7. The lowest BCUT2D eigenvalue weighted by Gasteiger charge is -2.25. The number of nitrogens with zero attached hydrogens (tertiary/aromatic N) is 2. The summed E-state index contributed by atoms with van der Waals surface area (Å²) in [5.74, 6) is -0.986. The second-order valence-corrected chi connectivity index (χ2v) is 9.70. The Morgan fingerprint density at radius 1 is 1.11 bits per heavy atom. The molecule has 0 N–H and O–H groups in total. The number of allylic oxidation sites excluding steroid dienone is 1. The predicted molar refractivity (Wildman–Crippen MR) is 141 cm³/mol. The van der Waals surface area contributed by atoms with E-state index in [1.807, 2.05) is 37.3 Å². The van der Waals surface area contributed by atoms with Crippen LogP contribution >= 0.6 is 34.5 Å². The molecule has 0 fully saturated rings. The smallest absolute Gasteiger partial charge is 0.343 e. The first-order valence-electron chi connectivity index (χ1n) is 11.2. The van der Waals surface area contributed by atoms with Gasteiger partial charge in [-0.15, -0.1) is 0 Å². The van der Waals surface area contributed by atoms with E-state index in [4.69, 9.17) is 32.7 Å². The topological polar surface area (TPSA) is 96.2 Å². The van der Waals surface area contributed by atoms with Crippen LogP contribution in [0, 0.1) is 0 Å². The number of ether oxygens (including phenoxy) is 3. The van der Waals surface area contributed by atoms with E-state index in [2.05, 4.69) is 9.73 Å². The van der Waals surface area contributed by atoms with Crippen molar-refractivity contribution in [2.45, 2.75) is 19.4 Å². The molecule has 4 rings (SSSR count). The van der Waals surface area contributed by atoms with Gasteiger partial charge in [0.15, 0.2) is 17.2 Å². The zero-order valence-corrected chi connectivity index (χ0v) is 22.4. The van der Waals surface area contributed by atoms with Crippen LogP contribution in [0.4, 0.5) is 0 Å². The largest absolute Gasteiger partial charge is 0.479 e. The summed E-state index contributed by atoms with van der Waals surface area (Å²) < 4.78 is 16.9. The molecule has 0 aliphatic carbocycles. The fourth-order valence-electron chi connectivity index (χ4n) is 3.96. The van der Waals surface area contributed by atoms with Crippen LogP contribution in [0.3, 0.4) is 0 Å². The minimum Gasteiger partial charge on any atom is -0.479 e. The summed E-state index contributed by atoms with van der Waals surface area (Å²) in [4.78, 5) is 43.0.